The van der Waals surface area contributed by atoms with Gasteiger partial charge in [0.05, 0.1) is 31.5 Å². The van der Waals surface area contributed by atoms with Gasteiger partial charge in [-0.1, -0.05) is 0 Å². The van der Waals surface area contributed by atoms with Crippen molar-refractivity contribution in [3.63, 3.8) is 0 Å². The van der Waals surface area contributed by atoms with Crippen LogP contribution in [-0.2, 0) is 16.0 Å². The van der Waals surface area contributed by atoms with Gasteiger partial charge in [0.15, 0.2) is 0 Å². The second-order valence-electron chi connectivity index (χ2n) is 3.39. The molecule has 0 fully saturated rings. The average molecular weight is 260 g/mol. The van der Waals surface area contributed by atoms with E-state index in [1.165, 1.54) is 13.2 Å². The quantitative estimate of drug-likeness (QED) is 0.816. The molecule has 0 bridgehead atoms. The molecule has 0 aliphatic heterocycles. The lowest BCUT2D eigenvalue weighted by molar-refractivity contribution is -0.142. The molecule has 0 unspecified atom stereocenters. The molecule has 0 aliphatic rings. The maximum Gasteiger partial charge on any atom is 0.311 e. The van der Waals surface area contributed by atoms with Crippen molar-refractivity contribution in [3.05, 3.63) is 17.5 Å². The van der Waals surface area contributed by atoms with Gasteiger partial charge in [0.2, 0.25) is 0 Å². The molecule has 1 rings (SSSR count). The summed E-state index contributed by atoms with van der Waals surface area (Å²) in [5.74, 6) is -0.669. The highest BCUT2D eigenvalue weighted by atomic mass is 19.3. The number of esters is 1. The fraction of sp³-hybridized carbons (Fsp3) is 0.455. The Hall–Kier alpha value is -1.92. The van der Waals surface area contributed by atoms with Crippen molar-refractivity contribution in [2.75, 3.05) is 19.5 Å². The maximum atomic E-state index is 12.7. The highest BCUT2D eigenvalue weighted by Gasteiger charge is 2.20. The SMILES string of the molecule is CCOC(=O)Cc1nc(C(F)F)c(OC)cc1N. The minimum Gasteiger partial charge on any atom is -0.495 e. The molecule has 7 heteroatoms. The first-order valence-electron chi connectivity index (χ1n) is 5.26. The Balaban J connectivity index is 3.05. The Morgan fingerprint density at radius 3 is 2.72 bits per heavy atom. The van der Waals surface area contributed by atoms with Crippen LogP contribution in [-0.4, -0.2) is 24.7 Å². The number of hydrogen-bond donors (Lipinski definition) is 1. The number of halogens is 2. The standard InChI is InChI=1S/C11H14F2N2O3/c1-3-18-9(16)5-7-6(14)4-8(17-2)10(15-7)11(12)13/h4,11H,3,5,14H2,1-2H3. The Labute approximate surface area is 103 Å². The molecule has 0 spiro atoms. The van der Waals surface area contributed by atoms with E-state index in [0.717, 1.165) is 0 Å². The summed E-state index contributed by atoms with van der Waals surface area (Å²) >= 11 is 0. The molecule has 0 aliphatic carbocycles. The number of alkyl halides is 2. The highest BCUT2D eigenvalue weighted by Crippen LogP contribution is 2.30. The third-order valence-electron chi connectivity index (χ3n) is 2.17. The molecule has 100 valence electrons. The number of anilines is 1. The Bertz CT molecular complexity index is 439. The number of nitrogen functional groups attached to an aromatic ring is 1. The molecule has 2 N–H and O–H groups in total. The highest BCUT2D eigenvalue weighted by molar-refractivity contribution is 5.74. The number of aromatic nitrogens is 1. The number of methoxy groups -OCH3 is 1. The molecule has 1 aromatic heterocycles. The van der Waals surface area contributed by atoms with Gasteiger partial charge in [-0.3, -0.25) is 4.79 Å². The summed E-state index contributed by atoms with van der Waals surface area (Å²) in [6, 6.07) is 1.23. The van der Waals surface area contributed by atoms with E-state index in [4.69, 9.17) is 15.2 Å². The largest absolute Gasteiger partial charge is 0.495 e. The van der Waals surface area contributed by atoms with E-state index in [2.05, 4.69) is 4.98 Å². The second kappa shape index (κ2) is 6.13. The Morgan fingerprint density at radius 1 is 1.56 bits per heavy atom. The monoisotopic (exact) mass is 260 g/mol. The molecular formula is C11H14F2N2O3. The summed E-state index contributed by atoms with van der Waals surface area (Å²) in [5.41, 5.74) is 5.25. The summed E-state index contributed by atoms with van der Waals surface area (Å²) in [5, 5.41) is 0. The smallest absolute Gasteiger partial charge is 0.311 e. The van der Waals surface area contributed by atoms with Crippen LogP contribution in [0.15, 0.2) is 6.07 Å². The maximum absolute atomic E-state index is 12.7. The van der Waals surface area contributed by atoms with Crippen molar-refractivity contribution in [1.29, 1.82) is 0 Å². The van der Waals surface area contributed by atoms with Gasteiger partial charge >= 0.3 is 5.97 Å². The van der Waals surface area contributed by atoms with Crippen LogP contribution >= 0.6 is 0 Å². The van der Waals surface area contributed by atoms with E-state index < -0.39 is 18.1 Å². The summed E-state index contributed by atoms with van der Waals surface area (Å²) < 4.78 is 34.9. The summed E-state index contributed by atoms with van der Waals surface area (Å²) in [6.45, 7) is 1.85. The zero-order chi connectivity index (χ0) is 13.7. The molecule has 18 heavy (non-hydrogen) atoms. The molecule has 0 aromatic carbocycles. The number of carbonyl (C=O) groups excluding carboxylic acids is 1. The molecule has 1 heterocycles. The van der Waals surface area contributed by atoms with Gasteiger partial charge in [-0.05, 0) is 6.92 Å². The Morgan fingerprint density at radius 2 is 2.22 bits per heavy atom. The van der Waals surface area contributed by atoms with Crippen molar-refractivity contribution in [2.45, 2.75) is 19.8 Å². The number of pyridine rings is 1. The van der Waals surface area contributed by atoms with Gasteiger partial charge < -0.3 is 15.2 Å². The zero-order valence-corrected chi connectivity index (χ0v) is 10.1. The lowest BCUT2D eigenvalue weighted by Gasteiger charge is -2.11. The second-order valence-corrected chi connectivity index (χ2v) is 3.39. The average Bonchev–Trinajstić information content (AvgIpc) is 2.31. The topological polar surface area (TPSA) is 74.4 Å². The number of carbonyl (C=O) groups is 1. The van der Waals surface area contributed by atoms with Crippen LogP contribution < -0.4 is 10.5 Å². The Kier molecular flexibility index (Phi) is 4.82. The zero-order valence-electron chi connectivity index (χ0n) is 10.1. The van der Waals surface area contributed by atoms with E-state index in [1.807, 2.05) is 0 Å². The van der Waals surface area contributed by atoms with Crippen molar-refractivity contribution >= 4 is 11.7 Å². The number of rotatable bonds is 5. The molecular weight excluding hydrogens is 246 g/mol. The van der Waals surface area contributed by atoms with E-state index in [1.54, 1.807) is 6.92 Å². The van der Waals surface area contributed by atoms with Crippen LogP contribution in [0.2, 0.25) is 0 Å². The summed E-state index contributed by atoms with van der Waals surface area (Å²) in [6.07, 6.45) is -3.05. The molecule has 1 aromatic rings. The predicted octanol–water partition coefficient (Wildman–Crippen LogP) is 1.72. The fourth-order valence-corrected chi connectivity index (χ4v) is 1.37. The van der Waals surface area contributed by atoms with Crippen LogP contribution in [0.3, 0.4) is 0 Å². The van der Waals surface area contributed by atoms with E-state index in [0.29, 0.717) is 0 Å². The third-order valence-corrected chi connectivity index (χ3v) is 2.17. The molecule has 5 nitrogen and oxygen atoms in total. The summed E-state index contributed by atoms with van der Waals surface area (Å²) in [7, 11) is 1.24. The number of hydrogen-bond acceptors (Lipinski definition) is 5. The first-order chi connectivity index (χ1) is 8.49. The van der Waals surface area contributed by atoms with E-state index >= 15 is 0 Å². The van der Waals surface area contributed by atoms with Gasteiger partial charge in [0.1, 0.15) is 11.4 Å². The summed E-state index contributed by atoms with van der Waals surface area (Å²) in [4.78, 5) is 14.9. The lowest BCUT2D eigenvalue weighted by Crippen LogP contribution is -2.12. The third kappa shape index (κ3) is 3.28. The lowest BCUT2D eigenvalue weighted by atomic mass is 10.2. The van der Waals surface area contributed by atoms with Gasteiger partial charge in [-0.25, -0.2) is 13.8 Å². The van der Waals surface area contributed by atoms with Gasteiger partial charge in [0, 0.05) is 6.07 Å². The van der Waals surface area contributed by atoms with Crippen molar-refractivity contribution < 1.29 is 23.0 Å². The fourth-order valence-electron chi connectivity index (χ4n) is 1.37. The van der Waals surface area contributed by atoms with Crippen LogP contribution in [0.1, 0.15) is 24.7 Å². The van der Waals surface area contributed by atoms with Crippen LogP contribution in [0.4, 0.5) is 14.5 Å². The molecule has 0 radical (unpaired) electrons. The van der Waals surface area contributed by atoms with Gasteiger partial charge in [0.25, 0.3) is 6.43 Å². The predicted molar refractivity (Wildman–Crippen MR) is 60.5 cm³/mol. The van der Waals surface area contributed by atoms with Crippen LogP contribution in [0, 0.1) is 0 Å². The minimum absolute atomic E-state index is 0.0598. The molecule has 0 saturated heterocycles. The van der Waals surface area contributed by atoms with Crippen molar-refractivity contribution in [3.8, 4) is 5.75 Å². The minimum atomic E-state index is -2.80. The first-order valence-corrected chi connectivity index (χ1v) is 5.26. The number of nitrogens with zero attached hydrogens (tertiary/aromatic N) is 1. The van der Waals surface area contributed by atoms with E-state index in [9.17, 15) is 13.6 Å². The van der Waals surface area contributed by atoms with Crippen LogP contribution in [0.25, 0.3) is 0 Å². The molecule has 0 amide bonds. The van der Waals surface area contributed by atoms with Crippen LogP contribution in [0.5, 0.6) is 5.75 Å². The molecule has 0 saturated carbocycles. The van der Waals surface area contributed by atoms with E-state index in [-0.39, 0.29) is 30.2 Å². The number of nitrogens with two attached hydrogens (primary N) is 1. The van der Waals surface area contributed by atoms with Crippen molar-refractivity contribution in [1.82, 2.24) is 4.98 Å². The normalized spacial score (nSPS) is 10.5. The van der Waals surface area contributed by atoms with Crippen molar-refractivity contribution in [2.24, 2.45) is 0 Å². The first kappa shape index (κ1) is 14.1. The number of ether oxygens (including phenoxy) is 2. The molecule has 0 atom stereocenters. The van der Waals surface area contributed by atoms with Gasteiger partial charge in [-0.2, -0.15) is 0 Å². The van der Waals surface area contributed by atoms with Gasteiger partial charge in [-0.15, -0.1) is 0 Å².